The van der Waals surface area contributed by atoms with Gasteiger partial charge in [0.05, 0.1) is 19.2 Å². The number of hydrogen-bond donors (Lipinski definition) is 0. The van der Waals surface area contributed by atoms with E-state index in [1.165, 1.54) is 6.07 Å². The minimum absolute atomic E-state index is 0.0224. The smallest absolute Gasteiger partial charge is 0.339 e. The van der Waals surface area contributed by atoms with E-state index in [0.717, 1.165) is 11.1 Å². The quantitative estimate of drug-likeness (QED) is 0.645. The number of carbonyl (C=O) groups is 1. The Bertz CT molecular complexity index is 1040. The van der Waals surface area contributed by atoms with Crippen molar-refractivity contribution in [2.45, 2.75) is 13.0 Å². The van der Waals surface area contributed by atoms with Crippen molar-refractivity contribution < 1.29 is 18.7 Å². The summed E-state index contributed by atoms with van der Waals surface area (Å²) in [5.41, 5.74) is 1.78. The van der Waals surface area contributed by atoms with Crippen LogP contribution in [0.15, 0.2) is 75.9 Å². The Balaban J connectivity index is 1.24. The predicted octanol–water partition coefficient (Wildman–Crippen LogP) is 3.28. The maximum Gasteiger partial charge on any atom is 0.339 e. The van der Waals surface area contributed by atoms with Crippen LogP contribution in [0, 0.1) is 6.92 Å². The van der Waals surface area contributed by atoms with Gasteiger partial charge in [-0.1, -0.05) is 42.5 Å². The summed E-state index contributed by atoms with van der Waals surface area (Å²) >= 11 is 0. The lowest BCUT2D eigenvalue weighted by Gasteiger charge is -2.38. The average molecular weight is 391 g/mol. The van der Waals surface area contributed by atoms with Gasteiger partial charge in [-0.05, 0) is 30.2 Å². The second-order valence-electron chi connectivity index (χ2n) is 6.94. The Labute approximate surface area is 168 Å². The van der Waals surface area contributed by atoms with Gasteiger partial charge >= 0.3 is 5.63 Å². The van der Waals surface area contributed by atoms with Gasteiger partial charge in [-0.3, -0.25) is 4.79 Å². The van der Waals surface area contributed by atoms with E-state index in [1.54, 1.807) is 17.9 Å². The van der Waals surface area contributed by atoms with Crippen molar-refractivity contribution in [2.75, 3.05) is 19.7 Å². The lowest BCUT2D eigenvalue weighted by molar-refractivity contribution is -0.142. The van der Waals surface area contributed by atoms with Gasteiger partial charge in [-0.15, -0.1) is 0 Å². The number of aryl methyl sites for hydroxylation is 1. The van der Waals surface area contributed by atoms with Crippen molar-refractivity contribution in [1.29, 1.82) is 0 Å². The molecule has 1 saturated heterocycles. The monoisotopic (exact) mass is 391 g/mol. The Morgan fingerprint density at radius 1 is 1.00 bits per heavy atom. The van der Waals surface area contributed by atoms with Crippen LogP contribution < -0.4 is 15.1 Å². The molecular formula is C23H21NO5. The summed E-state index contributed by atoms with van der Waals surface area (Å²) in [5.74, 6) is 1.51. The fourth-order valence-corrected chi connectivity index (χ4v) is 3.16. The van der Waals surface area contributed by atoms with E-state index in [2.05, 4.69) is 0 Å². The van der Waals surface area contributed by atoms with Crippen LogP contribution in [0.1, 0.15) is 5.76 Å². The molecule has 1 aliphatic heterocycles. The summed E-state index contributed by atoms with van der Waals surface area (Å²) in [6, 6.07) is 20.7. The van der Waals surface area contributed by atoms with Gasteiger partial charge in [0.15, 0.2) is 6.61 Å². The number of nitrogens with zero attached hydrogens (tertiary/aromatic N) is 1. The number of rotatable bonds is 6. The van der Waals surface area contributed by atoms with Crippen molar-refractivity contribution in [3.05, 3.63) is 82.9 Å². The molecule has 0 saturated carbocycles. The molecule has 2 aromatic carbocycles. The molecule has 1 aliphatic rings. The molecule has 4 rings (SSSR count). The third kappa shape index (κ3) is 4.66. The van der Waals surface area contributed by atoms with Gasteiger partial charge in [0.1, 0.15) is 23.4 Å². The molecule has 0 atom stereocenters. The molecule has 6 heteroatoms. The first-order valence-corrected chi connectivity index (χ1v) is 9.41. The third-order valence-corrected chi connectivity index (χ3v) is 4.69. The lowest BCUT2D eigenvalue weighted by Crippen LogP contribution is -2.57. The van der Waals surface area contributed by atoms with Crippen molar-refractivity contribution >= 4 is 5.91 Å². The van der Waals surface area contributed by atoms with E-state index in [4.69, 9.17) is 13.9 Å². The molecule has 0 radical (unpaired) electrons. The zero-order valence-corrected chi connectivity index (χ0v) is 16.0. The minimum Gasteiger partial charge on any atom is -0.486 e. The van der Waals surface area contributed by atoms with E-state index < -0.39 is 5.63 Å². The molecule has 0 bridgehead atoms. The van der Waals surface area contributed by atoms with E-state index >= 15 is 0 Å². The number of benzene rings is 2. The van der Waals surface area contributed by atoms with Crippen LogP contribution in [-0.2, 0) is 4.79 Å². The zero-order chi connectivity index (χ0) is 20.2. The van der Waals surface area contributed by atoms with Crippen molar-refractivity contribution in [3.63, 3.8) is 0 Å². The number of ether oxygens (including phenoxy) is 2. The standard InChI is InChI=1S/C23H21NO5/c1-16-11-20(12-23(26)28-16)29-21-13-24(14-21)22(25)15-27-19-9-7-18(8-10-19)17-5-3-2-4-6-17/h2-12,21H,13-15H2,1H3. The largest absolute Gasteiger partial charge is 0.486 e. The molecule has 0 spiro atoms. The van der Waals surface area contributed by atoms with Crippen LogP contribution in [0.25, 0.3) is 11.1 Å². The Kier molecular flexibility index (Phi) is 5.33. The highest BCUT2D eigenvalue weighted by Gasteiger charge is 2.32. The molecule has 1 amide bonds. The van der Waals surface area contributed by atoms with Crippen LogP contribution in [0.4, 0.5) is 0 Å². The molecule has 0 aliphatic carbocycles. The molecule has 29 heavy (non-hydrogen) atoms. The third-order valence-electron chi connectivity index (χ3n) is 4.69. The Morgan fingerprint density at radius 2 is 1.69 bits per heavy atom. The maximum absolute atomic E-state index is 12.3. The number of likely N-dealkylation sites (tertiary alicyclic amines) is 1. The summed E-state index contributed by atoms with van der Waals surface area (Å²) in [5, 5.41) is 0. The van der Waals surface area contributed by atoms with Crippen molar-refractivity contribution in [1.82, 2.24) is 4.90 Å². The Morgan fingerprint density at radius 3 is 2.38 bits per heavy atom. The second-order valence-corrected chi connectivity index (χ2v) is 6.94. The van der Waals surface area contributed by atoms with Crippen LogP contribution >= 0.6 is 0 Å². The number of carbonyl (C=O) groups excluding carboxylic acids is 1. The summed E-state index contributed by atoms with van der Waals surface area (Å²) in [6.07, 6.45) is -0.134. The first-order chi connectivity index (χ1) is 14.1. The summed E-state index contributed by atoms with van der Waals surface area (Å²) in [4.78, 5) is 25.3. The number of amides is 1. The van der Waals surface area contributed by atoms with E-state index in [-0.39, 0.29) is 18.6 Å². The van der Waals surface area contributed by atoms with Crippen LogP contribution in [0.3, 0.4) is 0 Å². The normalized spacial score (nSPS) is 13.6. The highest BCUT2D eigenvalue weighted by molar-refractivity contribution is 5.78. The number of hydrogen-bond acceptors (Lipinski definition) is 5. The van der Waals surface area contributed by atoms with Crippen LogP contribution in [0.2, 0.25) is 0 Å². The highest BCUT2D eigenvalue weighted by atomic mass is 16.5. The van der Waals surface area contributed by atoms with E-state index in [0.29, 0.717) is 30.3 Å². The topological polar surface area (TPSA) is 69.0 Å². The molecule has 6 nitrogen and oxygen atoms in total. The van der Waals surface area contributed by atoms with Crippen molar-refractivity contribution in [2.24, 2.45) is 0 Å². The maximum atomic E-state index is 12.3. The molecule has 0 unspecified atom stereocenters. The van der Waals surface area contributed by atoms with Gasteiger partial charge < -0.3 is 18.8 Å². The second kappa shape index (κ2) is 8.22. The summed E-state index contributed by atoms with van der Waals surface area (Å²) in [6.45, 7) is 2.60. The fraction of sp³-hybridized carbons (Fsp3) is 0.217. The van der Waals surface area contributed by atoms with Gasteiger partial charge in [0, 0.05) is 6.07 Å². The van der Waals surface area contributed by atoms with Crippen LogP contribution in [-0.4, -0.2) is 36.6 Å². The van der Waals surface area contributed by atoms with Gasteiger partial charge in [0.2, 0.25) is 0 Å². The average Bonchev–Trinajstić information content (AvgIpc) is 2.69. The fourth-order valence-electron chi connectivity index (χ4n) is 3.16. The summed E-state index contributed by atoms with van der Waals surface area (Å²) in [7, 11) is 0. The zero-order valence-electron chi connectivity index (χ0n) is 16.0. The molecule has 1 fully saturated rings. The van der Waals surface area contributed by atoms with Crippen molar-refractivity contribution in [3.8, 4) is 22.6 Å². The SMILES string of the molecule is Cc1cc(OC2CN(C(=O)COc3ccc(-c4ccccc4)cc3)C2)cc(=O)o1. The van der Waals surface area contributed by atoms with Gasteiger partial charge in [-0.25, -0.2) is 4.79 Å². The minimum atomic E-state index is -0.445. The molecule has 1 aromatic heterocycles. The van der Waals surface area contributed by atoms with Crippen LogP contribution in [0.5, 0.6) is 11.5 Å². The van der Waals surface area contributed by atoms with E-state index in [9.17, 15) is 9.59 Å². The molecule has 0 N–H and O–H groups in total. The lowest BCUT2D eigenvalue weighted by atomic mass is 10.1. The van der Waals surface area contributed by atoms with E-state index in [1.807, 2.05) is 54.6 Å². The highest BCUT2D eigenvalue weighted by Crippen LogP contribution is 2.22. The molecule has 2 heterocycles. The molecule has 3 aromatic rings. The Hall–Kier alpha value is -3.54. The molecule has 148 valence electrons. The summed E-state index contributed by atoms with van der Waals surface area (Å²) < 4.78 is 16.2. The van der Waals surface area contributed by atoms with Gasteiger partial charge in [0.25, 0.3) is 5.91 Å². The first kappa shape index (κ1) is 18.8. The molecular weight excluding hydrogens is 370 g/mol. The van der Waals surface area contributed by atoms with Gasteiger partial charge in [-0.2, -0.15) is 0 Å². The predicted molar refractivity (Wildman–Crippen MR) is 108 cm³/mol. The first-order valence-electron chi connectivity index (χ1n) is 9.41.